The van der Waals surface area contributed by atoms with E-state index in [4.69, 9.17) is 4.42 Å². The number of nitrogens with zero attached hydrogens (tertiary/aromatic N) is 1. The normalized spacial score (nSPS) is 13.9. The Balaban J connectivity index is 2.60. The van der Waals surface area contributed by atoms with E-state index < -0.39 is 16.1 Å². The first kappa shape index (κ1) is 13.1. The number of nitrogens with one attached hydrogen (secondary N) is 2. The minimum atomic E-state index is -3.29. The van der Waals surface area contributed by atoms with Crippen molar-refractivity contribution in [1.82, 2.24) is 15.0 Å². The van der Waals surface area contributed by atoms with Crippen molar-refractivity contribution < 1.29 is 12.8 Å². The van der Waals surface area contributed by atoms with Crippen molar-refractivity contribution in [3.05, 3.63) is 17.8 Å². The highest BCUT2D eigenvalue weighted by molar-refractivity contribution is 7.89. The van der Waals surface area contributed by atoms with E-state index in [0.29, 0.717) is 18.2 Å². The van der Waals surface area contributed by atoms with Crippen LogP contribution in [0, 0.1) is 6.92 Å². The molecule has 92 valence electrons. The molecule has 0 aliphatic carbocycles. The lowest BCUT2D eigenvalue weighted by molar-refractivity contribution is 0.427. The van der Waals surface area contributed by atoms with Crippen molar-refractivity contribution in [3.63, 3.8) is 0 Å². The molecule has 0 spiro atoms. The van der Waals surface area contributed by atoms with Crippen LogP contribution in [0.5, 0.6) is 0 Å². The van der Waals surface area contributed by atoms with Crippen molar-refractivity contribution in [2.75, 3.05) is 19.3 Å². The fourth-order valence-electron chi connectivity index (χ4n) is 1.19. The van der Waals surface area contributed by atoms with Gasteiger partial charge in [0, 0.05) is 6.54 Å². The van der Waals surface area contributed by atoms with Crippen LogP contribution in [0.2, 0.25) is 0 Å². The van der Waals surface area contributed by atoms with Gasteiger partial charge in [-0.05, 0) is 20.9 Å². The van der Waals surface area contributed by atoms with E-state index in [9.17, 15) is 8.42 Å². The Bertz CT molecular complexity index is 427. The lowest BCUT2D eigenvalue weighted by Crippen LogP contribution is -2.32. The van der Waals surface area contributed by atoms with Gasteiger partial charge in [0.1, 0.15) is 5.76 Å². The monoisotopic (exact) mass is 247 g/mol. The smallest absolute Gasteiger partial charge is 0.213 e. The molecule has 0 aliphatic rings. The third-order valence-electron chi connectivity index (χ3n) is 1.99. The zero-order valence-electron chi connectivity index (χ0n) is 9.65. The number of hydrogen-bond acceptors (Lipinski definition) is 5. The summed E-state index contributed by atoms with van der Waals surface area (Å²) < 4.78 is 30.9. The average molecular weight is 247 g/mol. The molecule has 0 saturated heterocycles. The Morgan fingerprint density at radius 2 is 2.25 bits per heavy atom. The topological polar surface area (TPSA) is 84.2 Å². The maximum Gasteiger partial charge on any atom is 0.213 e. The summed E-state index contributed by atoms with van der Waals surface area (Å²) in [4.78, 5) is 3.97. The number of aryl methyl sites for hydroxylation is 1. The highest BCUT2D eigenvalue weighted by Gasteiger charge is 2.18. The second-order valence-corrected chi connectivity index (χ2v) is 5.44. The quantitative estimate of drug-likeness (QED) is 0.749. The number of aromatic nitrogens is 1. The Morgan fingerprint density at radius 3 is 2.75 bits per heavy atom. The maximum absolute atomic E-state index is 11.6. The van der Waals surface area contributed by atoms with E-state index in [0.717, 1.165) is 0 Å². The predicted octanol–water partition coefficient (Wildman–Crippen LogP) is 0.183. The molecule has 0 radical (unpaired) electrons. The molecule has 0 bridgehead atoms. The molecule has 1 aromatic rings. The van der Waals surface area contributed by atoms with E-state index in [1.165, 1.54) is 0 Å². The SMILES string of the molecule is CNCCS(=O)(=O)NC(C)c1ncc(C)o1. The van der Waals surface area contributed by atoms with E-state index in [2.05, 4.69) is 15.0 Å². The van der Waals surface area contributed by atoms with Gasteiger partial charge in [-0.25, -0.2) is 18.1 Å². The molecule has 0 fully saturated rings. The molecule has 0 aromatic carbocycles. The summed E-state index contributed by atoms with van der Waals surface area (Å²) in [7, 11) is -1.59. The lowest BCUT2D eigenvalue weighted by atomic mass is 10.4. The van der Waals surface area contributed by atoms with Crippen LogP contribution < -0.4 is 10.0 Å². The van der Waals surface area contributed by atoms with Gasteiger partial charge in [0.25, 0.3) is 0 Å². The fourth-order valence-corrected chi connectivity index (χ4v) is 2.42. The van der Waals surface area contributed by atoms with Crippen LogP contribution in [-0.2, 0) is 10.0 Å². The van der Waals surface area contributed by atoms with Gasteiger partial charge in [0.15, 0.2) is 0 Å². The van der Waals surface area contributed by atoms with Crippen LogP contribution >= 0.6 is 0 Å². The fraction of sp³-hybridized carbons (Fsp3) is 0.667. The minimum Gasteiger partial charge on any atom is -0.444 e. The maximum atomic E-state index is 11.6. The van der Waals surface area contributed by atoms with Gasteiger partial charge in [-0.3, -0.25) is 0 Å². The number of oxazole rings is 1. The number of sulfonamides is 1. The molecular weight excluding hydrogens is 230 g/mol. The summed E-state index contributed by atoms with van der Waals surface area (Å²) in [5.41, 5.74) is 0. The van der Waals surface area contributed by atoms with Crippen LogP contribution in [0.4, 0.5) is 0 Å². The summed E-state index contributed by atoms with van der Waals surface area (Å²) in [5.74, 6) is 1.08. The van der Waals surface area contributed by atoms with Crippen molar-refractivity contribution in [2.24, 2.45) is 0 Å². The average Bonchev–Trinajstić information content (AvgIpc) is 2.61. The Morgan fingerprint density at radius 1 is 1.56 bits per heavy atom. The molecule has 0 aliphatic heterocycles. The van der Waals surface area contributed by atoms with Gasteiger partial charge in [-0.2, -0.15) is 0 Å². The Kier molecular flexibility index (Phi) is 4.45. The first-order valence-corrected chi connectivity index (χ1v) is 6.67. The molecule has 1 heterocycles. The largest absolute Gasteiger partial charge is 0.444 e. The van der Waals surface area contributed by atoms with Gasteiger partial charge in [0.2, 0.25) is 15.9 Å². The standard InChI is InChI=1S/C9H17N3O3S/c1-7-6-11-9(15-7)8(2)12-16(13,14)5-4-10-3/h6,8,10,12H,4-5H2,1-3H3. The number of rotatable bonds is 6. The molecule has 1 unspecified atom stereocenters. The Labute approximate surface area is 95.5 Å². The first-order chi connectivity index (χ1) is 7.44. The lowest BCUT2D eigenvalue weighted by Gasteiger charge is -2.10. The van der Waals surface area contributed by atoms with Crippen LogP contribution in [0.25, 0.3) is 0 Å². The molecule has 1 rings (SSSR count). The van der Waals surface area contributed by atoms with Crippen LogP contribution in [0.15, 0.2) is 10.6 Å². The first-order valence-electron chi connectivity index (χ1n) is 5.01. The van der Waals surface area contributed by atoms with Gasteiger partial charge in [-0.1, -0.05) is 0 Å². The summed E-state index contributed by atoms with van der Waals surface area (Å²) in [6.45, 7) is 3.87. The van der Waals surface area contributed by atoms with Crippen molar-refractivity contribution in [3.8, 4) is 0 Å². The van der Waals surface area contributed by atoms with E-state index >= 15 is 0 Å². The van der Waals surface area contributed by atoms with Gasteiger partial charge < -0.3 is 9.73 Å². The van der Waals surface area contributed by atoms with Crippen LogP contribution in [0.1, 0.15) is 24.6 Å². The van der Waals surface area contributed by atoms with Crippen molar-refractivity contribution >= 4 is 10.0 Å². The number of hydrogen-bond donors (Lipinski definition) is 2. The van der Waals surface area contributed by atoms with E-state index in [1.54, 1.807) is 27.1 Å². The van der Waals surface area contributed by atoms with Crippen molar-refractivity contribution in [2.45, 2.75) is 19.9 Å². The highest BCUT2D eigenvalue weighted by atomic mass is 32.2. The molecule has 0 amide bonds. The van der Waals surface area contributed by atoms with Gasteiger partial charge in [0.05, 0.1) is 18.0 Å². The summed E-state index contributed by atoms with van der Waals surface area (Å²) in [6.07, 6.45) is 1.56. The molecule has 6 nitrogen and oxygen atoms in total. The predicted molar refractivity (Wildman–Crippen MR) is 60.5 cm³/mol. The van der Waals surface area contributed by atoms with Crippen LogP contribution in [-0.4, -0.2) is 32.7 Å². The molecule has 1 aromatic heterocycles. The molecule has 2 N–H and O–H groups in total. The van der Waals surface area contributed by atoms with Gasteiger partial charge >= 0.3 is 0 Å². The zero-order chi connectivity index (χ0) is 12.2. The van der Waals surface area contributed by atoms with E-state index in [1.807, 2.05) is 0 Å². The molecule has 0 saturated carbocycles. The minimum absolute atomic E-state index is 0.0352. The molecule has 16 heavy (non-hydrogen) atoms. The zero-order valence-corrected chi connectivity index (χ0v) is 10.5. The molecule has 7 heteroatoms. The summed E-state index contributed by atoms with van der Waals surface area (Å²) in [6, 6.07) is -0.449. The molecular formula is C9H17N3O3S. The highest BCUT2D eigenvalue weighted by Crippen LogP contribution is 2.12. The van der Waals surface area contributed by atoms with Gasteiger partial charge in [-0.15, -0.1) is 0 Å². The second-order valence-electron chi connectivity index (χ2n) is 3.57. The van der Waals surface area contributed by atoms with E-state index in [-0.39, 0.29) is 5.75 Å². The Hall–Kier alpha value is -0.920. The van der Waals surface area contributed by atoms with Crippen LogP contribution in [0.3, 0.4) is 0 Å². The summed E-state index contributed by atoms with van der Waals surface area (Å²) in [5, 5.41) is 2.78. The third kappa shape index (κ3) is 3.92. The second kappa shape index (κ2) is 5.42. The third-order valence-corrected chi connectivity index (χ3v) is 3.44. The molecule has 1 atom stereocenters. The summed E-state index contributed by atoms with van der Waals surface area (Å²) >= 11 is 0. The van der Waals surface area contributed by atoms with Crippen molar-refractivity contribution in [1.29, 1.82) is 0 Å².